The van der Waals surface area contributed by atoms with Crippen molar-refractivity contribution in [3.8, 4) is 0 Å². The molecule has 7 heteroatoms. The van der Waals surface area contributed by atoms with Crippen molar-refractivity contribution in [2.24, 2.45) is 5.92 Å². The largest absolute Gasteiger partial charge is 0.376 e. The van der Waals surface area contributed by atoms with Gasteiger partial charge in [-0.25, -0.2) is 0 Å². The number of rotatable bonds is 10. The van der Waals surface area contributed by atoms with Gasteiger partial charge in [-0.05, 0) is 53.9 Å². The molecule has 0 aliphatic heterocycles. The van der Waals surface area contributed by atoms with Crippen molar-refractivity contribution in [2.45, 2.75) is 26.8 Å². The van der Waals surface area contributed by atoms with Gasteiger partial charge in [-0.1, -0.05) is 50.2 Å². The van der Waals surface area contributed by atoms with Gasteiger partial charge in [0, 0.05) is 42.6 Å². The van der Waals surface area contributed by atoms with Gasteiger partial charge >= 0.3 is 0 Å². The summed E-state index contributed by atoms with van der Waals surface area (Å²) in [5.74, 6) is -0.0647. The highest BCUT2D eigenvalue weighted by atomic mass is 16.2. The van der Waals surface area contributed by atoms with Crippen LogP contribution in [0.2, 0.25) is 0 Å². The second-order valence-electron chi connectivity index (χ2n) is 8.85. The summed E-state index contributed by atoms with van der Waals surface area (Å²) >= 11 is 0. The molecule has 3 aromatic carbocycles. The second-order valence-corrected chi connectivity index (χ2v) is 8.85. The van der Waals surface area contributed by atoms with E-state index in [4.69, 9.17) is 0 Å². The Morgan fingerprint density at radius 1 is 0.771 bits per heavy atom. The van der Waals surface area contributed by atoms with E-state index in [2.05, 4.69) is 16.0 Å². The third kappa shape index (κ3) is 8.30. The highest BCUT2D eigenvalue weighted by molar-refractivity contribution is 5.96. The number of nitrogens with zero attached hydrogens (tertiary/aromatic N) is 1. The van der Waals surface area contributed by atoms with Gasteiger partial charge in [0.1, 0.15) is 0 Å². The van der Waals surface area contributed by atoms with E-state index in [1.165, 1.54) is 0 Å². The molecular formula is C28H32N4O3. The number of carbonyl (C=O) groups excluding carboxylic acids is 3. The standard InChI is InChI=1S/C28H32N4O3/c1-20(2)16-26(33)30-23-12-14-24(15-13-23)31-27(34)18-29-25-11-7-10-22(17-25)28(35)32(3)19-21-8-5-4-6-9-21/h4-15,17,20,29H,16,18-19H2,1-3H3,(H,30,33)(H,31,34). The van der Waals surface area contributed by atoms with Crippen LogP contribution in [0.3, 0.4) is 0 Å². The summed E-state index contributed by atoms with van der Waals surface area (Å²) in [5, 5.41) is 8.72. The van der Waals surface area contributed by atoms with Crippen LogP contribution in [0.4, 0.5) is 17.1 Å². The van der Waals surface area contributed by atoms with E-state index < -0.39 is 0 Å². The lowest BCUT2D eigenvalue weighted by atomic mass is 10.1. The third-order valence-corrected chi connectivity index (χ3v) is 5.22. The summed E-state index contributed by atoms with van der Waals surface area (Å²) in [6.45, 7) is 4.54. The number of hydrogen-bond donors (Lipinski definition) is 3. The number of amides is 3. The van der Waals surface area contributed by atoms with Crippen molar-refractivity contribution < 1.29 is 14.4 Å². The first-order chi connectivity index (χ1) is 16.8. The molecule has 0 saturated carbocycles. The number of hydrogen-bond acceptors (Lipinski definition) is 4. The molecule has 0 radical (unpaired) electrons. The van der Waals surface area contributed by atoms with Crippen LogP contribution in [0.25, 0.3) is 0 Å². The van der Waals surface area contributed by atoms with Crippen LogP contribution in [-0.2, 0) is 16.1 Å². The molecule has 0 heterocycles. The fraction of sp³-hybridized carbons (Fsp3) is 0.250. The first-order valence-corrected chi connectivity index (χ1v) is 11.6. The molecule has 0 spiro atoms. The summed E-state index contributed by atoms with van der Waals surface area (Å²) < 4.78 is 0. The van der Waals surface area contributed by atoms with Crippen molar-refractivity contribution in [2.75, 3.05) is 29.5 Å². The quantitative estimate of drug-likeness (QED) is 0.388. The van der Waals surface area contributed by atoms with Crippen LogP contribution >= 0.6 is 0 Å². The van der Waals surface area contributed by atoms with E-state index in [1.807, 2.05) is 50.2 Å². The third-order valence-electron chi connectivity index (χ3n) is 5.22. The number of carbonyl (C=O) groups is 3. The molecule has 0 bridgehead atoms. The lowest BCUT2D eigenvalue weighted by molar-refractivity contribution is -0.117. The van der Waals surface area contributed by atoms with Crippen LogP contribution in [0, 0.1) is 5.92 Å². The maximum absolute atomic E-state index is 12.8. The first kappa shape index (κ1) is 25.5. The lowest BCUT2D eigenvalue weighted by Gasteiger charge is -2.18. The lowest BCUT2D eigenvalue weighted by Crippen LogP contribution is -2.26. The molecular weight excluding hydrogens is 440 g/mol. The monoisotopic (exact) mass is 472 g/mol. The summed E-state index contributed by atoms with van der Waals surface area (Å²) in [6.07, 6.45) is 0.459. The zero-order chi connectivity index (χ0) is 25.2. The summed E-state index contributed by atoms with van der Waals surface area (Å²) in [6, 6.07) is 23.9. The number of nitrogens with one attached hydrogen (secondary N) is 3. The van der Waals surface area contributed by atoms with Gasteiger partial charge in [0.05, 0.1) is 6.54 Å². The molecule has 0 aromatic heterocycles. The van der Waals surface area contributed by atoms with E-state index in [0.717, 1.165) is 5.56 Å². The molecule has 182 valence electrons. The van der Waals surface area contributed by atoms with E-state index in [1.54, 1.807) is 54.4 Å². The predicted molar refractivity (Wildman–Crippen MR) is 140 cm³/mol. The van der Waals surface area contributed by atoms with E-state index in [-0.39, 0.29) is 30.2 Å². The Kier molecular flexibility index (Phi) is 9.01. The van der Waals surface area contributed by atoms with Gasteiger partial charge in [0.15, 0.2) is 0 Å². The molecule has 3 amide bonds. The van der Waals surface area contributed by atoms with Gasteiger partial charge < -0.3 is 20.9 Å². The second kappa shape index (κ2) is 12.4. The summed E-state index contributed by atoms with van der Waals surface area (Å²) in [4.78, 5) is 38.7. The molecule has 3 aromatic rings. The summed E-state index contributed by atoms with van der Waals surface area (Å²) in [7, 11) is 1.77. The van der Waals surface area contributed by atoms with Crippen LogP contribution < -0.4 is 16.0 Å². The van der Waals surface area contributed by atoms with Crippen molar-refractivity contribution in [3.05, 3.63) is 90.0 Å². The Balaban J connectivity index is 1.50. The molecule has 3 rings (SSSR count). The minimum absolute atomic E-state index is 0.0343. The van der Waals surface area contributed by atoms with E-state index in [9.17, 15) is 14.4 Å². The molecule has 0 unspecified atom stereocenters. The van der Waals surface area contributed by atoms with Crippen LogP contribution in [-0.4, -0.2) is 36.2 Å². The van der Waals surface area contributed by atoms with Gasteiger partial charge in [-0.2, -0.15) is 0 Å². The molecule has 0 atom stereocenters. The Morgan fingerprint density at radius 3 is 2.03 bits per heavy atom. The van der Waals surface area contributed by atoms with Crippen molar-refractivity contribution in [1.82, 2.24) is 4.90 Å². The molecule has 0 saturated heterocycles. The SMILES string of the molecule is CC(C)CC(=O)Nc1ccc(NC(=O)CNc2cccc(C(=O)N(C)Cc3ccccc3)c2)cc1. The zero-order valence-corrected chi connectivity index (χ0v) is 20.4. The zero-order valence-electron chi connectivity index (χ0n) is 20.4. The van der Waals surface area contributed by atoms with Crippen LogP contribution in [0.15, 0.2) is 78.9 Å². The molecule has 0 aliphatic carbocycles. The minimum atomic E-state index is -0.223. The van der Waals surface area contributed by atoms with Gasteiger partial charge in [0.2, 0.25) is 11.8 Å². The average Bonchev–Trinajstić information content (AvgIpc) is 2.84. The first-order valence-electron chi connectivity index (χ1n) is 11.6. The Hall–Kier alpha value is -4.13. The van der Waals surface area contributed by atoms with E-state index in [0.29, 0.717) is 35.6 Å². The number of anilines is 3. The Labute approximate surface area is 206 Å². The molecule has 0 fully saturated rings. The Morgan fingerprint density at radius 2 is 1.40 bits per heavy atom. The minimum Gasteiger partial charge on any atom is -0.376 e. The van der Waals surface area contributed by atoms with Gasteiger partial charge in [-0.15, -0.1) is 0 Å². The normalized spacial score (nSPS) is 10.5. The van der Waals surface area contributed by atoms with Crippen LogP contribution in [0.5, 0.6) is 0 Å². The highest BCUT2D eigenvalue weighted by Crippen LogP contribution is 2.16. The average molecular weight is 473 g/mol. The smallest absolute Gasteiger partial charge is 0.253 e. The van der Waals surface area contributed by atoms with Crippen molar-refractivity contribution in [1.29, 1.82) is 0 Å². The predicted octanol–water partition coefficient (Wildman–Crippen LogP) is 4.99. The highest BCUT2D eigenvalue weighted by Gasteiger charge is 2.13. The fourth-order valence-corrected chi connectivity index (χ4v) is 3.52. The molecule has 7 nitrogen and oxygen atoms in total. The molecule has 3 N–H and O–H groups in total. The van der Waals surface area contributed by atoms with Crippen LogP contribution in [0.1, 0.15) is 36.2 Å². The topological polar surface area (TPSA) is 90.5 Å². The maximum atomic E-state index is 12.8. The summed E-state index contributed by atoms with van der Waals surface area (Å²) in [5.41, 5.74) is 3.60. The Bertz CT molecular complexity index is 1140. The van der Waals surface area contributed by atoms with Crippen molar-refractivity contribution >= 4 is 34.8 Å². The van der Waals surface area contributed by atoms with Gasteiger partial charge in [0.25, 0.3) is 5.91 Å². The molecule has 0 aliphatic rings. The molecule has 35 heavy (non-hydrogen) atoms. The van der Waals surface area contributed by atoms with Crippen molar-refractivity contribution in [3.63, 3.8) is 0 Å². The number of benzene rings is 3. The maximum Gasteiger partial charge on any atom is 0.253 e. The van der Waals surface area contributed by atoms with Gasteiger partial charge in [-0.3, -0.25) is 14.4 Å². The van der Waals surface area contributed by atoms with E-state index >= 15 is 0 Å². The fourth-order valence-electron chi connectivity index (χ4n) is 3.52.